The van der Waals surface area contributed by atoms with Gasteiger partial charge in [-0.25, -0.2) is 0 Å². The molecule has 2 aliphatic carbocycles. The summed E-state index contributed by atoms with van der Waals surface area (Å²) in [4.78, 5) is 17.1. The molecular formula is C20H27ClN4O4. The number of hydrogen-bond donors (Lipinski definition) is 2. The minimum Gasteiger partial charge on any atom is -0.493 e. The summed E-state index contributed by atoms with van der Waals surface area (Å²) in [7, 11) is 3.10. The molecule has 2 aromatic rings. The van der Waals surface area contributed by atoms with Crippen LogP contribution in [0.5, 0.6) is 11.5 Å². The van der Waals surface area contributed by atoms with Crippen LogP contribution in [0.1, 0.15) is 44.9 Å². The number of ether oxygens (including phenoxy) is 2. The average molecular weight is 423 g/mol. The second-order valence-electron chi connectivity index (χ2n) is 7.85. The molecule has 2 fully saturated rings. The zero-order valence-electron chi connectivity index (χ0n) is 16.9. The first kappa shape index (κ1) is 21.4. The molecule has 3 N–H and O–H groups in total. The van der Waals surface area contributed by atoms with E-state index in [1.807, 2.05) is 0 Å². The predicted molar refractivity (Wildman–Crippen MR) is 110 cm³/mol. The Morgan fingerprint density at radius 2 is 1.86 bits per heavy atom. The summed E-state index contributed by atoms with van der Waals surface area (Å²) in [6.45, 7) is 2.06. The number of methoxy groups -OCH3 is 2. The highest BCUT2D eigenvalue weighted by Gasteiger charge is 2.40. The zero-order valence-corrected chi connectivity index (χ0v) is 17.7. The molecule has 4 rings (SSSR count). The largest absolute Gasteiger partial charge is 0.493 e. The topological polar surface area (TPSA) is 112 Å². The Labute approximate surface area is 175 Å². The highest BCUT2D eigenvalue weighted by molar-refractivity contribution is 5.98. The van der Waals surface area contributed by atoms with E-state index >= 15 is 0 Å². The predicted octanol–water partition coefficient (Wildman–Crippen LogP) is 3.50. The summed E-state index contributed by atoms with van der Waals surface area (Å²) in [5, 5.41) is 7.11. The van der Waals surface area contributed by atoms with Crippen LogP contribution in [0.25, 0.3) is 11.5 Å². The van der Waals surface area contributed by atoms with Crippen LogP contribution in [0, 0.1) is 11.8 Å². The van der Waals surface area contributed by atoms with Crippen LogP contribution < -0.4 is 20.5 Å². The van der Waals surface area contributed by atoms with Gasteiger partial charge in [0.1, 0.15) is 0 Å². The van der Waals surface area contributed by atoms with Crippen LogP contribution in [0.15, 0.2) is 16.7 Å². The number of halogens is 1. The molecule has 0 aliphatic heterocycles. The number of anilines is 1. The Bertz CT molecular complexity index is 895. The van der Waals surface area contributed by atoms with Crippen molar-refractivity contribution >= 4 is 24.0 Å². The number of nitrogens with one attached hydrogen (secondary N) is 1. The van der Waals surface area contributed by atoms with Crippen molar-refractivity contribution in [1.82, 2.24) is 10.1 Å². The molecule has 0 spiro atoms. The highest BCUT2D eigenvalue weighted by atomic mass is 35.5. The third kappa shape index (κ3) is 4.04. The average Bonchev–Trinajstić information content (AvgIpc) is 3.08. The zero-order chi connectivity index (χ0) is 19.9. The first-order valence-electron chi connectivity index (χ1n) is 9.65. The molecule has 158 valence electrons. The van der Waals surface area contributed by atoms with Gasteiger partial charge in [0, 0.05) is 12.0 Å². The molecule has 2 saturated carbocycles. The van der Waals surface area contributed by atoms with E-state index in [1.165, 1.54) is 0 Å². The standard InChI is InChI=1S/C20H26N4O4.ClH/c1-11-8-12(11)17(25)22-14-10-16(27-3)15(26-2)9-13(14)18-23-19(24-28-18)20(21)6-4-5-7-20;/h9-12H,4-8,21H2,1-3H3,(H,22,25);1H. The SMILES string of the molecule is COc1cc(NC(=O)C2CC2C)c(-c2nc(C3(N)CCCC3)no2)cc1OC.Cl. The fourth-order valence-electron chi connectivity index (χ4n) is 3.84. The quantitative estimate of drug-likeness (QED) is 0.732. The maximum atomic E-state index is 12.5. The van der Waals surface area contributed by atoms with Crippen LogP contribution in [-0.4, -0.2) is 30.3 Å². The number of nitrogens with zero attached hydrogens (tertiary/aromatic N) is 2. The lowest BCUT2D eigenvalue weighted by Gasteiger charge is -2.17. The van der Waals surface area contributed by atoms with Crippen LogP contribution in [0.3, 0.4) is 0 Å². The first-order chi connectivity index (χ1) is 13.4. The van der Waals surface area contributed by atoms with Gasteiger partial charge in [0.15, 0.2) is 17.3 Å². The second-order valence-corrected chi connectivity index (χ2v) is 7.85. The number of hydrogen-bond acceptors (Lipinski definition) is 7. The van der Waals surface area contributed by atoms with Gasteiger partial charge in [-0.15, -0.1) is 12.4 Å². The van der Waals surface area contributed by atoms with E-state index in [1.54, 1.807) is 26.4 Å². The van der Waals surface area contributed by atoms with E-state index in [4.69, 9.17) is 19.7 Å². The summed E-state index contributed by atoms with van der Waals surface area (Å²) < 4.78 is 16.3. The summed E-state index contributed by atoms with van der Waals surface area (Å²) >= 11 is 0. The van der Waals surface area contributed by atoms with Gasteiger partial charge in [-0.3, -0.25) is 4.79 Å². The van der Waals surface area contributed by atoms with E-state index in [2.05, 4.69) is 22.4 Å². The lowest BCUT2D eigenvalue weighted by molar-refractivity contribution is -0.117. The molecule has 2 aliphatic rings. The summed E-state index contributed by atoms with van der Waals surface area (Å²) in [6.07, 6.45) is 4.67. The Kier molecular flexibility index (Phi) is 6.05. The van der Waals surface area contributed by atoms with Gasteiger partial charge in [-0.05, 0) is 31.2 Å². The lowest BCUT2D eigenvalue weighted by Crippen LogP contribution is -2.34. The van der Waals surface area contributed by atoms with Gasteiger partial charge in [0.2, 0.25) is 5.91 Å². The van der Waals surface area contributed by atoms with Gasteiger partial charge in [-0.2, -0.15) is 4.98 Å². The molecule has 1 aromatic heterocycles. The van der Waals surface area contributed by atoms with Crippen LogP contribution >= 0.6 is 12.4 Å². The third-order valence-electron chi connectivity index (χ3n) is 5.83. The number of carbonyl (C=O) groups excluding carboxylic acids is 1. The molecule has 0 bridgehead atoms. The smallest absolute Gasteiger partial charge is 0.260 e. The minimum absolute atomic E-state index is 0. The van der Waals surface area contributed by atoms with Crippen LogP contribution in [-0.2, 0) is 10.3 Å². The second kappa shape index (κ2) is 8.20. The molecule has 0 saturated heterocycles. The summed E-state index contributed by atoms with van der Waals surface area (Å²) in [6, 6.07) is 3.46. The van der Waals surface area contributed by atoms with Crippen molar-refractivity contribution in [2.24, 2.45) is 17.6 Å². The first-order valence-corrected chi connectivity index (χ1v) is 9.65. The molecule has 1 heterocycles. The number of nitrogens with two attached hydrogens (primary N) is 1. The normalized spacial score (nSPS) is 21.9. The van der Waals surface area contributed by atoms with Crippen molar-refractivity contribution in [2.75, 3.05) is 19.5 Å². The monoisotopic (exact) mass is 422 g/mol. The summed E-state index contributed by atoms with van der Waals surface area (Å²) in [5.41, 5.74) is 7.04. The van der Waals surface area contributed by atoms with Crippen LogP contribution in [0.2, 0.25) is 0 Å². The van der Waals surface area contributed by atoms with Crippen molar-refractivity contribution in [3.8, 4) is 23.0 Å². The molecule has 2 atom stereocenters. The van der Waals surface area contributed by atoms with Crippen molar-refractivity contribution in [1.29, 1.82) is 0 Å². The van der Waals surface area contributed by atoms with Crippen molar-refractivity contribution in [2.45, 2.75) is 44.6 Å². The Morgan fingerprint density at radius 1 is 1.24 bits per heavy atom. The molecule has 2 unspecified atom stereocenters. The summed E-state index contributed by atoms with van der Waals surface area (Å²) in [5.74, 6) is 2.24. The van der Waals surface area contributed by atoms with E-state index in [9.17, 15) is 4.79 Å². The molecule has 8 nitrogen and oxygen atoms in total. The van der Waals surface area contributed by atoms with Gasteiger partial charge >= 0.3 is 0 Å². The lowest BCUT2D eigenvalue weighted by atomic mass is 9.98. The van der Waals surface area contributed by atoms with Gasteiger partial charge < -0.3 is 25.0 Å². The Morgan fingerprint density at radius 3 is 2.45 bits per heavy atom. The van der Waals surface area contributed by atoms with Crippen molar-refractivity contribution in [3.63, 3.8) is 0 Å². The Balaban J connectivity index is 0.00000240. The van der Waals surface area contributed by atoms with E-state index in [-0.39, 0.29) is 24.2 Å². The van der Waals surface area contributed by atoms with Gasteiger partial charge in [0.05, 0.1) is 31.0 Å². The van der Waals surface area contributed by atoms with Gasteiger partial charge in [0.25, 0.3) is 5.89 Å². The maximum absolute atomic E-state index is 12.5. The maximum Gasteiger partial charge on any atom is 0.260 e. The number of aromatic nitrogens is 2. The molecule has 9 heteroatoms. The molecule has 29 heavy (non-hydrogen) atoms. The number of amides is 1. The number of benzene rings is 1. The van der Waals surface area contributed by atoms with Crippen LogP contribution in [0.4, 0.5) is 5.69 Å². The third-order valence-corrected chi connectivity index (χ3v) is 5.83. The molecule has 1 aromatic carbocycles. The van der Waals surface area contributed by atoms with Crippen molar-refractivity contribution in [3.05, 3.63) is 18.0 Å². The van der Waals surface area contributed by atoms with Crippen molar-refractivity contribution < 1.29 is 18.8 Å². The molecule has 0 radical (unpaired) electrons. The fourth-order valence-corrected chi connectivity index (χ4v) is 3.84. The van der Waals surface area contributed by atoms with E-state index in [0.717, 1.165) is 32.1 Å². The number of rotatable bonds is 6. The van der Waals surface area contributed by atoms with E-state index in [0.29, 0.717) is 40.4 Å². The number of carbonyl (C=O) groups is 1. The Hall–Kier alpha value is -2.32. The molecular weight excluding hydrogens is 396 g/mol. The highest BCUT2D eigenvalue weighted by Crippen LogP contribution is 2.42. The molecule has 1 amide bonds. The van der Waals surface area contributed by atoms with Gasteiger partial charge in [-0.1, -0.05) is 24.9 Å². The fraction of sp³-hybridized carbons (Fsp3) is 0.550. The minimum atomic E-state index is -0.550. The van der Waals surface area contributed by atoms with E-state index < -0.39 is 5.54 Å².